The van der Waals surface area contributed by atoms with Gasteiger partial charge in [-0.1, -0.05) is 182 Å². The van der Waals surface area contributed by atoms with Gasteiger partial charge in [-0.3, -0.25) is 9.55 Å². The van der Waals surface area contributed by atoms with Crippen molar-refractivity contribution in [2.75, 3.05) is 0 Å². The van der Waals surface area contributed by atoms with E-state index >= 15 is 0 Å². The van der Waals surface area contributed by atoms with Crippen molar-refractivity contribution in [1.82, 2.24) is 14.5 Å². The number of aromatic hydroxyl groups is 1. The Kier molecular flexibility index (Phi) is 12.0. The molecule has 0 atom stereocenters. The minimum absolute atomic E-state index is 0. The van der Waals surface area contributed by atoms with Crippen LogP contribution in [-0.4, -0.2) is 27.7 Å². The maximum atomic E-state index is 11.3. The molecule has 0 saturated heterocycles. The third-order valence-corrected chi connectivity index (χ3v) is 13.8. The van der Waals surface area contributed by atoms with Crippen LogP contribution in [0.4, 0.5) is 0 Å². The van der Waals surface area contributed by atoms with E-state index in [4.69, 9.17) is 9.97 Å². The summed E-state index contributed by atoms with van der Waals surface area (Å²) in [7, 11) is -1.66. The second-order valence-electron chi connectivity index (χ2n) is 20.0. The fourth-order valence-corrected chi connectivity index (χ4v) is 10.0. The van der Waals surface area contributed by atoms with E-state index in [1.807, 2.05) is 18.2 Å². The zero-order valence-electron chi connectivity index (χ0n) is 37.5. The van der Waals surface area contributed by atoms with Crippen LogP contribution >= 0.6 is 0 Å². The first-order valence-corrected chi connectivity index (χ1v) is 24.9. The standard InChI is InChI=1S/C55H58N3OSi.Pt/c1-35(2)26-41-32-47(56-34-51(41)60(9,10)11)40-28-37(38-30-42(54(3,4)5)33-43(31-38)55(6,7)8)27-39(29-40)45-22-17-24-49-52(45)57-53(46-21-14-15-25-50(46)59)58(49)48-23-16-19-36-18-12-13-20-44(36)48;/h12-25,27-28,30-35,59H,26H2,1-11H3;/q-1;. The summed E-state index contributed by atoms with van der Waals surface area (Å²) in [6.07, 6.45) is 3.16. The number of benzene rings is 6. The third-order valence-electron chi connectivity index (χ3n) is 11.7. The summed E-state index contributed by atoms with van der Waals surface area (Å²) >= 11 is 0. The molecule has 0 aliphatic carbocycles. The molecule has 0 amide bonds. The number of phenolic OH excluding ortho intramolecular Hbond substituents is 1. The van der Waals surface area contributed by atoms with Crippen molar-refractivity contribution >= 4 is 35.1 Å². The van der Waals surface area contributed by atoms with E-state index in [2.05, 4.69) is 189 Å². The molecule has 0 aliphatic heterocycles. The van der Waals surface area contributed by atoms with Crippen LogP contribution in [0.2, 0.25) is 19.6 Å². The number of imidazole rings is 1. The normalized spacial score (nSPS) is 12.3. The van der Waals surface area contributed by atoms with Crippen LogP contribution in [0.5, 0.6) is 5.75 Å². The van der Waals surface area contributed by atoms with E-state index < -0.39 is 8.07 Å². The fourth-order valence-electron chi connectivity index (χ4n) is 8.42. The molecule has 6 aromatic carbocycles. The maximum absolute atomic E-state index is 11.3. The second-order valence-corrected chi connectivity index (χ2v) is 25.1. The van der Waals surface area contributed by atoms with Gasteiger partial charge < -0.3 is 5.11 Å². The Morgan fingerprint density at radius 1 is 0.689 bits per heavy atom. The van der Waals surface area contributed by atoms with Crippen LogP contribution in [0, 0.1) is 12.0 Å². The molecule has 4 nitrogen and oxygen atoms in total. The van der Waals surface area contributed by atoms with Gasteiger partial charge in [0.15, 0.2) is 0 Å². The van der Waals surface area contributed by atoms with Gasteiger partial charge >= 0.3 is 0 Å². The van der Waals surface area contributed by atoms with Gasteiger partial charge in [0, 0.05) is 38.3 Å². The van der Waals surface area contributed by atoms with Gasteiger partial charge in [-0.05, 0) is 74.7 Å². The van der Waals surface area contributed by atoms with E-state index in [1.165, 1.54) is 27.4 Å². The summed E-state index contributed by atoms with van der Waals surface area (Å²) < 4.78 is 2.21. The van der Waals surface area contributed by atoms with Crippen molar-refractivity contribution in [2.24, 2.45) is 5.92 Å². The molecular weight excluding hydrogens is 942 g/mol. The number of aromatic nitrogens is 3. The number of nitrogens with zero attached hydrogens (tertiary/aromatic N) is 3. The van der Waals surface area contributed by atoms with Gasteiger partial charge in [0.1, 0.15) is 11.6 Å². The van der Waals surface area contributed by atoms with Crippen LogP contribution in [0.15, 0.2) is 128 Å². The first-order valence-electron chi connectivity index (χ1n) is 21.4. The molecule has 1 N–H and O–H groups in total. The topological polar surface area (TPSA) is 50.9 Å². The largest absolute Gasteiger partial charge is 0.507 e. The predicted molar refractivity (Wildman–Crippen MR) is 258 cm³/mol. The Labute approximate surface area is 378 Å². The molecular formula is C55H58N3OPtSi-. The Bertz CT molecular complexity index is 2870. The summed E-state index contributed by atoms with van der Waals surface area (Å²) in [5, 5.41) is 15.0. The first kappa shape index (κ1) is 44.0. The molecule has 0 unspecified atom stereocenters. The van der Waals surface area contributed by atoms with Gasteiger partial charge in [0.05, 0.1) is 30.4 Å². The first-order chi connectivity index (χ1) is 28.4. The molecule has 6 heteroatoms. The molecule has 0 radical (unpaired) electrons. The Morgan fingerprint density at radius 3 is 1.97 bits per heavy atom. The molecule has 0 fully saturated rings. The van der Waals surface area contributed by atoms with Gasteiger partial charge in [-0.2, -0.15) is 0 Å². The second kappa shape index (κ2) is 16.6. The molecule has 0 bridgehead atoms. The van der Waals surface area contributed by atoms with Crippen LogP contribution in [-0.2, 0) is 38.3 Å². The summed E-state index contributed by atoms with van der Waals surface area (Å²) in [5.74, 6) is 1.38. The number of pyridine rings is 1. The zero-order valence-corrected chi connectivity index (χ0v) is 40.8. The van der Waals surface area contributed by atoms with Crippen LogP contribution in [0.1, 0.15) is 72.1 Å². The minimum atomic E-state index is -1.66. The van der Waals surface area contributed by atoms with Crippen LogP contribution in [0.25, 0.3) is 72.4 Å². The van der Waals surface area contributed by atoms with Crippen molar-refractivity contribution in [3.8, 4) is 56.3 Å². The van der Waals surface area contributed by atoms with E-state index in [0.717, 1.165) is 61.9 Å². The van der Waals surface area contributed by atoms with E-state index in [-0.39, 0.29) is 37.6 Å². The van der Waals surface area contributed by atoms with Crippen molar-refractivity contribution in [2.45, 2.75) is 92.3 Å². The summed E-state index contributed by atoms with van der Waals surface area (Å²) in [5.41, 5.74) is 13.5. The SMILES string of the molecule is CC(C)Cc1cc(-c2[c-]c(-c3cccc4c3nc(-c3ccccc3O)n4-c3cccc4ccccc34)cc(-c3cc(C(C)(C)C)cc(C(C)(C)C)c3)c2)ncc1[Si](C)(C)C.[Pt]. The van der Waals surface area contributed by atoms with Crippen molar-refractivity contribution in [1.29, 1.82) is 0 Å². The summed E-state index contributed by atoms with van der Waals surface area (Å²) in [4.78, 5) is 10.7. The molecule has 0 spiro atoms. The number of hydrogen-bond acceptors (Lipinski definition) is 3. The Hall–Kier alpha value is -5.09. The van der Waals surface area contributed by atoms with Crippen molar-refractivity contribution in [3.63, 3.8) is 0 Å². The van der Waals surface area contributed by atoms with E-state index in [0.29, 0.717) is 17.3 Å². The van der Waals surface area contributed by atoms with Crippen LogP contribution in [0.3, 0.4) is 0 Å². The maximum Gasteiger partial charge on any atom is 0.148 e. The van der Waals surface area contributed by atoms with Crippen molar-refractivity contribution < 1.29 is 26.2 Å². The number of fused-ring (bicyclic) bond motifs is 2. The number of phenols is 1. The van der Waals surface area contributed by atoms with Crippen molar-refractivity contribution in [3.05, 3.63) is 150 Å². The molecule has 61 heavy (non-hydrogen) atoms. The monoisotopic (exact) mass is 999 g/mol. The molecule has 2 heterocycles. The van der Waals surface area contributed by atoms with E-state index in [1.54, 1.807) is 6.07 Å². The zero-order chi connectivity index (χ0) is 42.7. The molecule has 314 valence electrons. The van der Waals surface area contributed by atoms with Gasteiger partial charge in [-0.25, -0.2) is 4.98 Å². The molecule has 0 saturated carbocycles. The van der Waals surface area contributed by atoms with Gasteiger partial charge in [0.25, 0.3) is 0 Å². The number of para-hydroxylation sites is 2. The summed E-state index contributed by atoms with van der Waals surface area (Å²) in [6.45, 7) is 25.6. The average molecular weight is 1000 g/mol. The Balaban J connectivity index is 0.00000561. The minimum Gasteiger partial charge on any atom is -0.507 e. The average Bonchev–Trinajstić information content (AvgIpc) is 3.58. The smallest absolute Gasteiger partial charge is 0.148 e. The van der Waals surface area contributed by atoms with Gasteiger partial charge in [0.2, 0.25) is 0 Å². The molecule has 8 aromatic rings. The quantitative estimate of drug-likeness (QED) is 0.122. The van der Waals surface area contributed by atoms with Gasteiger partial charge in [-0.15, -0.1) is 23.8 Å². The number of rotatable bonds is 8. The predicted octanol–water partition coefficient (Wildman–Crippen LogP) is 14.1. The third kappa shape index (κ3) is 8.83. The number of hydrogen-bond donors (Lipinski definition) is 1. The fraction of sp³-hybridized carbons (Fsp3) is 0.273. The summed E-state index contributed by atoms with van der Waals surface area (Å²) in [6, 6.07) is 46.7. The molecule has 2 aromatic heterocycles. The Morgan fingerprint density at radius 2 is 1.30 bits per heavy atom. The molecule has 0 aliphatic rings. The van der Waals surface area contributed by atoms with E-state index in [9.17, 15) is 5.11 Å². The van der Waals surface area contributed by atoms with Crippen LogP contribution < -0.4 is 5.19 Å². The molecule has 8 rings (SSSR count).